The molecule has 0 bridgehead atoms. The van der Waals surface area contributed by atoms with E-state index in [2.05, 4.69) is 0 Å². The first-order valence-corrected chi connectivity index (χ1v) is 12.5. The third-order valence-electron chi connectivity index (χ3n) is 7.34. The Kier molecular flexibility index (Phi) is 6.06. The summed E-state index contributed by atoms with van der Waals surface area (Å²) in [5.74, 6) is 0.684. The summed E-state index contributed by atoms with van der Waals surface area (Å²) < 4.78 is 29.4. The van der Waals surface area contributed by atoms with E-state index >= 15 is 0 Å². The SMILES string of the molecule is COc1ccc2cc(C3CC(=O)Oc4ccc5c(c43)O/C(=C\c3cccc(OC)c3OC)C5=O)c(=O)n(C)c2c1. The zero-order valence-electron chi connectivity index (χ0n) is 22.3. The largest absolute Gasteiger partial charge is 0.497 e. The molecule has 4 aromatic rings. The Balaban J connectivity index is 1.50. The standard InChI is InChI=1S/C31H25NO8/c1-32-22-14-18(36-2)9-8-16(22)12-21(31(32)35)20-15-26(33)39-23-11-10-19-28(34)25(40-30(19)27(20)23)13-17-6-5-7-24(37-3)29(17)38-4/h5-14,20H,15H2,1-4H3/b25-13-. The number of aryl methyl sites for hydroxylation is 1. The van der Waals surface area contributed by atoms with Gasteiger partial charge in [-0.15, -0.1) is 0 Å². The molecule has 1 atom stereocenters. The first-order valence-electron chi connectivity index (χ1n) is 12.5. The van der Waals surface area contributed by atoms with Crippen molar-refractivity contribution >= 4 is 28.7 Å². The van der Waals surface area contributed by atoms with Gasteiger partial charge in [-0.2, -0.15) is 0 Å². The van der Waals surface area contributed by atoms with Crippen molar-refractivity contribution < 1.29 is 33.3 Å². The number of Topliss-reactive ketones (excluding diaryl/α,β-unsaturated/α-hetero) is 1. The lowest BCUT2D eigenvalue weighted by atomic mass is 9.84. The second-order valence-electron chi connectivity index (χ2n) is 9.50. The number of allylic oxidation sites excluding steroid dienone is 1. The minimum absolute atomic E-state index is 0.0733. The topological polar surface area (TPSA) is 102 Å². The summed E-state index contributed by atoms with van der Waals surface area (Å²) in [4.78, 5) is 39.7. The molecule has 202 valence electrons. The summed E-state index contributed by atoms with van der Waals surface area (Å²) in [7, 11) is 6.28. The van der Waals surface area contributed by atoms with Gasteiger partial charge < -0.3 is 28.3 Å². The average molecular weight is 540 g/mol. The maximum absolute atomic E-state index is 13.6. The fraction of sp³-hybridized carbons (Fsp3) is 0.194. The van der Waals surface area contributed by atoms with Gasteiger partial charge in [0.25, 0.3) is 5.56 Å². The molecule has 0 N–H and O–H groups in total. The summed E-state index contributed by atoms with van der Waals surface area (Å²) in [5, 5.41) is 0.800. The highest BCUT2D eigenvalue weighted by atomic mass is 16.5. The number of benzene rings is 3. The van der Waals surface area contributed by atoms with Crippen LogP contribution in [0.3, 0.4) is 0 Å². The number of ether oxygens (including phenoxy) is 5. The van der Waals surface area contributed by atoms with E-state index in [1.165, 1.54) is 18.8 Å². The van der Waals surface area contributed by atoms with Crippen LogP contribution in [-0.4, -0.2) is 37.6 Å². The van der Waals surface area contributed by atoms with Crippen LogP contribution in [0, 0.1) is 0 Å². The van der Waals surface area contributed by atoms with Crippen LogP contribution < -0.4 is 29.2 Å². The molecule has 0 saturated heterocycles. The molecule has 1 unspecified atom stereocenters. The Morgan fingerprint density at radius 2 is 1.75 bits per heavy atom. The van der Waals surface area contributed by atoms with Gasteiger partial charge in [-0.1, -0.05) is 12.1 Å². The van der Waals surface area contributed by atoms with E-state index in [1.54, 1.807) is 62.7 Å². The lowest BCUT2D eigenvalue weighted by Crippen LogP contribution is -2.29. The summed E-state index contributed by atoms with van der Waals surface area (Å²) in [6.07, 6.45) is 1.50. The van der Waals surface area contributed by atoms with Crippen LogP contribution in [0.25, 0.3) is 17.0 Å². The number of esters is 1. The number of para-hydroxylation sites is 1. The summed E-state index contributed by atoms with van der Waals surface area (Å²) >= 11 is 0. The minimum atomic E-state index is -0.685. The van der Waals surface area contributed by atoms with Crippen molar-refractivity contribution in [1.82, 2.24) is 4.57 Å². The Bertz CT molecular complexity index is 1820. The van der Waals surface area contributed by atoms with Gasteiger partial charge in [-0.05, 0) is 47.9 Å². The van der Waals surface area contributed by atoms with Crippen molar-refractivity contribution in [2.75, 3.05) is 21.3 Å². The first kappa shape index (κ1) is 25.2. The predicted octanol–water partition coefficient (Wildman–Crippen LogP) is 4.62. The Morgan fingerprint density at radius 3 is 2.50 bits per heavy atom. The number of hydrogen-bond acceptors (Lipinski definition) is 8. The molecule has 3 heterocycles. The van der Waals surface area contributed by atoms with Gasteiger partial charge in [0.05, 0.1) is 38.8 Å². The number of rotatable bonds is 5. The molecule has 3 aromatic carbocycles. The Labute approximate surface area is 229 Å². The zero-order valence-corrected chi connectivity index (χ0v) is 22.3. The average Bonchev–Trinajstić information content (AvgIpc) is 3.28. The number of carbonyl (C=O) groups excluding carboxylic acids is 2. The quantitative estimate of drug-likeness (QED) is 0.206. The predicted molar refractivity (Wildman–Crippen MR) is 147 cm³/mol. The van der Waals surface area contributed by atoms with E-state index in [4.69, 9.17) is 23.7 Å². The van der Waals surface area contributed by atoms with Crippen molar-refractivity contribution in [3.05, 3.63) is 93.0 Å². The lowest BCUT2D eigenvalue weighted by Gasteiger charge is -2.26. The van der Waals surface area contributed by atoms with Gasteiger partial charge in [0.2, 0.25) is 5.78 Å². The zero-order chi connectivity index (χ0) is 28.1. The molecule has 0 spiro atoms. The van der Waals surface area contributed by atoms with Crippen LogP contribution in [0.2, 0.25) is 0 Å². The van der Waals surface area contributed by atoms with E-state index < -0.39 is 11.9 Å². The highest BCUT2D eigenvalue weighted by Crippen LogP contribution is 2.49. The van der Waals surface area contributed by atoms with E-state index in [9.17, 15) is 14.4 Å². The molecular weight excluding hydrogens is 514 g/mol. The summed E-state index contributed by atoms with van der Waals surface area (Å²) in [6, 6.07) is 15.7. The van der Waals surface area contributed by atoms with Crippen molar-refractivity contribution in [2.24, 2.45) is 7.05 Å². The van der Waals surface area contributed by atoms with Crippen LogP contribution in [0.1, 0.15) is 39.4 Å². The van der Waals surface area contributed by atoms with Crippen LogP contribution in [0.15, 0.2) is 65.2 Å². The van der Waals surface area contributed by atoms with Gasteiger partial charge in [0, 0.05) is 35.7 Å². The van der Waals surface area contributed by atoms with E-state index in [1.807, 2.05) is 12.1 Å². The minimum Gasteiger partial charge on any atom is -0.497 e. The number of pyridine rings is 1. The molecule has 9 nitrogen and oxygen atoms in total. The molecule has 40 heavy (non-hydrogen) atoms. The molecule has 9 heteroatoms. The lowest BCUT2D eigenvalue weighted by molar-refractivity contribution is -0.135. The van der Waals surface area contributed by atoms with E-state index in [-0.39, 0.29) is 35.0 Å². The van der Waals surface area contributed by atoms with Crippen molar-refractivity contribution in [3.8, 4) is 28.7 Å². The number of carbonyl (C=O) groups is 2. The second kappa shape index (κ2) is 9.60. The van der Waals surface area contributed by atoms with Crippen molar-refractivity contribution in [1.29, 1.82) is 0 Å². The number of methoxy groups -OCH3 is 3. The molecule has 0 fully saturated rings. The third kappa shape index (κ3) is 3.89. The number of ketones is 1. The molecule has 2 aliphatic heterocycles. The van der Waals surface area contributed by atoms with Crippen molar-refractivity contribution in [3.63, 3.8) is 0 Å². The molecular formula is C31H25NO8. The maximum atomic E-state index is 13.6. The van der Waals surface area contributed by atoms with Gasteiger partial charge in [-0.25, -0.2) is 0 Å². The highest BCUT2D eigenvalue weighted by molar-refractivity contribution is 6.15. The normalized spacial score (nSPS) is 16.8. The van der Waals surface area contributed by atoms with Crippen molar-refractivity contribution in [2.45, 2.75) is 12.3 Å². The number of fused-ring (bicyclic) bond motifs is 4. The fourth-order valence-electron chi connectivity index (χ4n) is 5.38. The third-order valence-corrected chi connectivity index (χ3v) is 7.34. The number of nitrogens with zero attached hydrogens (tertiary/aromatic N) is 1. The van der Waals surface area contributed by atoms with Crippen LogP contribution >= 0.6 is 0 Å². The molecule has 0 saturated carbocycles. The first-order chi connectivity index (χ1) is 19.3. The monoisotopic (exact) mass is 539 g/mol. The van der Waals surface area contributed by atoms with Gasteiger partial charge in [0.15, 0.2) is 17.3 Å². The van der Waals surface area contributed by atoms with Crippen LogP contribution in [0.4, 0.5) is 0 Å². The fourth-order valence-corrected chi connectivity index (χ4v) is 5.38. The van der Waals surface area contributed by atoms with Gasteiger partial charge in [0.1, 0.15) is 17.2 Å². The Morgan fingerprint density at radius 1 is 0.925 bits per heavy atom. The second-order valence-corrected chi connectivity index (χ2v) is 9.50. The molecule has 1 aromatic heterocycles. The smallest absolute Gasteiger partial charge is 0.312 e. The summed E-state index contributed by atoms with van der Waals surface area (Å²) in [5.41, 5.74) is 2.20. The maximum Gasteiger partial charge on any atom is 0.312 e. The Hall–Kier alpha value is -5.05. The van der Waals surface area contributed by atoms with E-state index in [0.717, 1.165) is 5.39 Å². The van der Waals surface area contributed by atoms with Crippen LogP contribution in [-0.2, 0) is 11.8 Å². The molecule has 2 aliphatic rings. The molecule has 6 rings (SSSR count). The molecule has 0 radical (unpaired) electrons. The molecule has 0 aliphatic carbocycles. The van der Waals surface area contributed by atoms with E-state index in [0.29, 0.717) is 45.0 Å². The highest BCUT2D eigenvalue weighted by Gasteiger charge is 2.39. The molecule has 0 amide bonds. The van der Waals surface area contributed by atoms with Crippen LogP contribution in [0.5, 0.6) is 28.7 Å². The number of aromatic nitrogens is 1. The summed E-state index contributed by atoms with van der Waals surface area (Å²) in [6.45, 7) is 0. The van der Waals surface area contributed by atoms with Gasteiger partial charge >= 0.3 is 5.97 Å². The number of hydrogen-bond donors (Lipinski definition) is 0. The van der Waals surface area contributed by atoms with Gasteiger partial charge in [-0.3, -0.25) is 14.4 Å².